The number of ether oxygens (including phenoxy) is 2. The molecule has 0 atom stereocenters. The summed E-state index contributed by atoms with van der Waals surface area (Å²) in [7, 11) is 3.22. The summed E-state index contributed by atoms with van der Waals surface area (Å²) in [5.74, 6) is 1.52. The van der Waals surface area contributed by atoms with E-state index < -0.39 is 0 Å². The summed E-state index contributed by atoms with van der Waals surface area (Å²) in [5, 5.41) is 0. The molecule has 1 aliphatic rings. The second-order valence-corrected chi connectivity index (χ2v) is 6.11. The molecule has 3 rings (SSSR count). The third-order valence-corrected chi connectivity index (χ3v) is 4.67. The van der Waals surface area contributed by atoms with E-state index in [9.17, 15) is 4.79 Å². The lowest BCUT2D eigenvalue weighted by Crippen LogP contribution is -2.39. The van der Waals surface area contributed by atoms with Crippen molar-refractivity contribution in [1.29, 1.82) is 0 Å². The highest BCUT2D eigenvalue weighted by atomic mass is 16.5. The van der Waals surface area contributed by atoms with Gasteiger partial charge in [-0.1, -0.05) is 6.07 Å². The SMILES string of the molecule is COc1ccc(CC(=O)N2CCC(n3cccc3)CC2)cc1OC. The molecule has 1 aromatic heterocycles. The topological polar surface area (TPSA) is 43.7 Å². The molecule has 0 radical (unpaired) electrons. The van der Waals surface area contributed by atoms with Crippen LogP contribution < -0.4 is 9.47 Å². The van der Waals surface area contributed by atoms with Crippen molar-refractivity contribution >= 4 is 5.91 Å². The molecule has 5 nitrogen and oxygen atoms in total. The minimum atomic E-state index is 0.174. The first-order valence-corrected chi connectivity index (χ1v) is 8.32. The van der Waals surface area contributed by atoms with E-state index in [0.717, 1.165) is 31.5 Å². The van der Waals surface area contributed by atoms with Crippen LogP contribution in [0.4, 0.5) is 0 Å². The van der Waals surface area contributed by atoms with Gasteiger partial charge in [-0.05, 0) is 42.7 Å². The molecular formula is C19H24N2O3. The summed E-state index contributed by atoms with van der Waals surface area (Å²) in [6.45, 7) is 1.63. The van der Waals surface area contributed by atoms with Crippen LogP contribution in [-0.2, 0) is 11.2 Å². The van der Waals surface area contributed by atoms with E-state index in [1.165, 1.54) is 0 Å². The quantitative estimate of drug-likeness (QED) is 0.848. The maximum absolute atomic E-state index is 12.6. The third-order valence-electron chi connectivity index (χ3n) is 4.67. The summed E-state index contributed by atoms with van der Waals surface area (Å²) < 4.78 is 12.8. The summed E-state index contributed by atoms with van der Waals surface area (Å²) in [6, 6.07) is 10.3. The Morgan fingerprint density at radius 3 is 2.38 bits per heavy atom. The molecule has 1 amide bonds. The number of hydrogen-bond donors (Lipinski definition) is 0. The summed E-state index contributed by atoms with van der Waals surface area (Å²) in [4.78, 5) is 14.5. The molecule has 1 fully saturated rings. The van der Waals surface area contributed by atoms with Crippen molar-refractivity contribution in [2.75, 3.05) is 27.3 Å². The molecule has 2 heterocycles. The van der Waals surface area contributed by atoms with Crippen LogP contribution in [0.1, 0.15) is 24.4 Å². The average Bonchev–Trinajstić information content (AvgIpc) is 3.16. The summed E-state index contributed by atoms with van der Waals surface area (Å²) >= 11 is 0. The van der Waals surface area contributed by atoms with E-state index in [-0.39, 0.29) is 5.91 Å². The van der Waals surface area contributed by atoms with E-state index in [2.05, 4.69) is 29.1 Å². The van der Waals surface area contributed by atoms with Crippen molar-refractivity contribution in [3.05, 3.63) is 48.3 Å². The molecule has 128 valence electrons. The summed E-state index contributed by atoms with van der Waals surface area (Å²) in [5.41, 5.74) is 0.949. The molecule has 24 heavy (non-hydrogen) atoms. The highest BCUT2D eigenvalue weighted by Crippen LogP contribution is 2.28. The van der Waals surface area contributed by atoms with Crippen LogP contribution in [0.5, 0.6) is 11.5 Å². The number of amides is 1. The predicted molar refractivity (Wildman–Crippen MR) is 92.5 cm³/mol. The Morgan fingerprint density at radius 2 is 1.75 bits per heavy atom. The Kier molecular flexibility index (Phi) is 5.08. The van der Waals surface area contributed by atoms with Gasteiger partial charge in [0.25, 0.3) is 0 Å². The van der Waals surface area contributed by atoms with Gasteiger partial charge in [0, 0.05) is 31.5 Å². The van der Waals surface area contributed by atoms with Crippen molar-refractivity contribution < 1.29 is 14.3 Å². The molecule has 1 aliphatic heterocycles. The van der Waals surface area contributed by atoms with Gasteiger partial charge in [-0.15, -0.1) is 0 Å². The Balaban J connectivity index is 1.58. The van der Waals surface area contributed by atoms with Gasteiger partial charge in [0.1, 0.15) is 0 Å². The Bertz CT molecular complexity index is 674. The van der Waals surface area contributed by atoms with Gasteiger partial charge in [-0.3, -0.25) is 4.79 Å². The maximum atomic E-state index is 12.6. The lowest BCUT2D eigenvalue weighted by atomic mass is 10.0. The lowest BCUT2D eigenvalue weighted by molar-refractivity contribution is -0.131. The minimum Gasteiger partial charge on any atom is -0.493 e. The smallest absolute Gasteiger partial charge is 0.226 e. The van der Waals surface area contributed by atoms with E-state index in [1.54, 1.807) is 14.2 Å². The Morgan fingerprint density at radius 1 is 1.08 bits per heavy atom. The highest BCUT2D eigenvalue weighted by molar-refractivity contribution is 5.79. The number of methoxy groups -OCH3 is 2. The van der Waals surface area contributed by atoms with E-state index in [1.807, 2.05) is 23.1 Å². The van der Waals surface area contributed by atoms with Crippen LogP contribution in [0.15, 0.2) is 42.7 Å². The van der Waals surface area contributed by atoms with Crippen molar-refractivity contribution in [1.82, 2.24) is 9.47 Å². The van der Waals surface area contributed by atoms with Crippen LogP contribution in [-0.4, -0.2) is 42.7 Å². The van der Waals surface area contributed by atoms with Gasteiger partial charge in [-0.25, -0.2) is 0 Å². The number of carbonyl (C=O) groups excluding carboxylic acids is 1. The lowest BCUT2D eigenvalue weighted by Gasteiger charge is -2.33. The van der Waals surface area contributed by atoms with E-state index in [4.69, 9.17) is 9.47 Å². The number of nitrogens with zero attached hydrogens (tertiary/aromatic N) is 2. The zero-order chi connectivity index (χ0) is 16.9. The highest BCUT2D eigenvalue weighted by Gasteiger charge is 2.23. The number of hydrogen-bond acceptors (Lipinski definition) is 3. The molecule has 2 aromatic rings. The number of rotatable bonds is 5. The van der Waals surface area contributed by atoms with Crippen molar-refractivity contribution in [3.8, 4) is 11.5 Å². The number of likely N-dealkylation sites (tertiary alicyclic amines) is 1. The molecule has 1 aromatic carbocycles. The van der Waals surface area contributed by atoms with Crippen molar-refractivity contribution in [3.63, 3.8) is 0 Å². The first-order valence-electron chi connectivity index (χ1n) is 8.32. The van der Waals surface area contributed by atoms with Crippen LogP contribution in [0.2, 0.25) is 0 Å². The minimum absolute atomic E-state index is 0.174. The van der Waals surface area contributed by atoms with Gasteiger partial charge in [0.05, 0.1) is 20.6 Å². The predicted octanol–water partition coefficient (Wildman–Crippen LogP) is 2.91. The van der Waals surface area contributed by atoms with E-state index >= 15 is 0 Å². The van der Waals surface area contributed by atoms with Gasteiger partial charge in [0.15, 0.2) is 11.5 Å². The van der Waals surface area contributed by atoms with Gasteiger partial charge in [0.2, 0.25) is 5.91 Å². The third kappa shape index (κ3) is 3.55. The first kappa shape index (κ1) is 16.4. The Hall–Kier alpha value is -2.43. The van der Waals surface area contributed by atoms with Crippen LogP contribution in [0, 0.1) is 0 Å². The van der Waals surface area contributed by atoms with Crippen LogP contribution in [0.25, 0.3) is 0 Å². The molecule has 0 bridgehead atoms. The molecule has 5 heteroatoms. The molecule has 0 N–H and O–H groups in total. The fraction of sp³-hybridized carbons (Fsp3) is 0.421. The van der Waals surface area contributed by atoms with Crippen molar-refractivity contribution in [2.45, 2.75) is 25.3 Å². The molecule has 0 saturated carbocycles. The molecule has 1 saturated heterocycles. The second kappa shape index (κ2) is 7.43. The van der Waals surface area contributed by atoms with Crippen molar-refractivity contribution in [2.24, 2.45) is 0 Å². The molecule has 0 aliphatic carbocycles. The number of piperidine rings is 1. The van der Waals surface area contributed by atoms with E-state index in [0.29, 0.717) is 24.0 Å². The second-order valence-electron chi connectivity index (χ2n) is 6.11. The average molecular weight is 328 g/mol. The fourth-order valence-corrected chi connectivity index (χ4v) is 3.28. The largest absolute Gasteiger partial charge is 0.493 e. The maximum Gasteiger partial charge on any atom is 0.226 e. The van der Waals surface area contributed by atoms with Gasteiger partial charge in [-0.2, -0.15) is 0 Å². The molecule has 0 spiro atoms. The number of benzene rings is 1. The standard InChI is InChI=1S/C19H24N2O3/c1-23-17-6-5-15(13-18(17)24-2)14-19(22)21-11-7-16(8-12-21)20-9-3-4-10-20/h3-6,9-10,13,16H,7-8,11-12,14H2,1-2H3. The molecule has 0 unspecified atom stereocenters. The zero-order valence-corrected chi connectivity index (χ0v) is 14.3. The van der Waals surface area contributed by atoms with Crippen LogP contribution in [0.3, 0.4) is 0 Å². The van der Waals surface area contributed by atoms with Gasteiger partial charge >= 0.3 is 0 Å². The number of carbonyl (C=O) groups is 1. The van der Waals surface area contributed by atoms with Crippen LogP contribution >= 0.6 is 0 Å². The Labute approximate surface area is 142 Å². The first-order chi connectivity index (χ1) is 11.7. The monoisotopic (exact) mass is 328 g/mol. The van der Waals surface area contributed by atoms with Gasteiger partial charge < -0.3 is 18.9 Å². The summed E-state index contributed by atoms with van der Waals surface area (Å²) in [6.07, 6.45) is 6.62. The number of aromatic nitrogens is 1. The normalized spacial score (nSPS) is 15.3. The fourth-order valence-electron chi connectivity index (χ4n) is 3.28. The molecular weight excluding hydrogens is 304 g/mol. The zero-order valence-electron chi connectivity index (χ0n) is 14.3.